The van der Waals surface area contributed by atoms with Crippen LogP contribution in [0.15, 0.2) is 12.3 Å². The number of carbonyl (C=O) groups is 1. The van der Waals surface area contributed by atoms with Crippen molar-refractivity contribution in [3.8, 4) is 0 Å². The van der Waals surface area contributed by atoms with Crippen LogP contribution in [0.4, 0.5) is 8.78 Å². The van der Waals surface area contributed by atoms with Gasteiger partial charge in [-0.15, -0.1) is 0 Å². The molecule has 0 aliphatic carbocycles. The third-order valence-corrected chi connectivity index (χ3v) is 2.40. The van der Waals surface area contributed by atoms with Gasteiger partial charge in [0.15, 0.2) is 11.5 Å². The van der Waals surface area contributed by atoms with E-state index in [-0.39, 0.29) is 12.6 Å². The van der Waals surface area contributed by atoms with E-state index in [2.05, 4.69) is 10.3 Å². The van der Waals surface area contributed by atoms with Crippen molar-refractivity contribution in [1.29, 1.82) is 0 Å². The summed E-state index contributed by atoms with van der Waals surface area (Å²) in [6.07, 6.45) is 0.532. The lowest BCUT2D eigenvalue weighted by Gasteiger charge is -2.22. The SMILES string of the molecule is O=C(NC[C@@H]1COCCO1)c1ncc(F)cc1F. The van der Waals surface area contributed by atoms with Crippen LogP contribution in [0.25, 0.3) is 0 Å². The lowest BCUT2D eigenvalue weighted by Crippen LogP contribution is -2.40. The quantitative estimate of drug-likeness (QED) is 0.858. The summed E-state index contributed by atoms with van der Waals surface area (Å²) in [6, 6.07) is 0.613. The fourth-order valence-corrected chi connectivity index (χ4v) is 1.53. The maximum absolute atomic E-state index is 13.2. The number of pyridine rings is 1. The Labute approximate surface area is 102 Å². The Morgan fingerprint density at radius 2 is 2.33 bits per heavy atom. The molecule has 0 aromatic carbocycles. The third-order valence-electron chi connectivity index (χ3n) is 2.40. The van der Waals surface area contributed by atoms with Crippen molar-refractivity contribution in [2.45, 2.75) is 6.10 Å². The number of hydrogen-bond acceptors (Lipinski definition) is 4. The first kappa shape index (κ1) is 12.8. The minimum absolute atomic E-state index is 0.192. The molecule has 2 heterocycles. The topological polar surface area (TPSA) is 60.5 Å². The number of amides is 1. The number of nitrogens with one attached hydrogen (secondary N) is 1. The average molecular weight is 258 g/mol. The summed E-state index contributed by atoms with van der Waals surface area (Å²) in [5.74, 6) is -2.52. The molecule has 1 amide bonds. The fourth-order valence-electron chi connectivity index (χ4n) is 1.53. The molecule has 1 aliphatic rings. The Hall–Kier alpha value is -1.60. The predicted molar refractivity (Wildman–Crippen MR) is 57.0 cm³/mol. The van der Waals surface area contributed by atoms with Gasteiger partial charge >= 0.3 is 0 Å². The van der Waals surface area contributed by atoms with Gasteiger partial charge in [-0.25, -0.2) is 13.8 Å². The Kier molecular flexibility index (Phi) is 4.16. The molecule has 1 saturated heterocycles. The van der Waals surface area contributed by atoms with Gasteiger partial charge < -0.3 is 14.8 Å². The molecule has 98 valence electrons. The fraction of sp³-hybridized carbons (Fsp3) is 0.455. The molecule has 0 bridgehead atoms. The van der Waals surface area contributed by atoms with Crippen molar-refractivity contribution in [3.63, 3.8) is 0 Å². The highest BCUT2D eigenvalue weighted by atomic mass is 19.1. The molecule has 1 fully saturated rings. The Morgan fingerprint density at radius 3 is 3.00 bits per heavy atom. The summed E-state index contributed by atoms with van der Waals surface area (Å²) < 4.78 is 36.3. The molecule has 0 radical (unpaired) electrons. The van der Waals surface area contributed by atoms with Crippen LogP contribution in [0.2, 0.25) is 0 Å². The highest BCUT2D eigenvalue weighted by molar-refractivity contribution is 5.92. The second-order valence-corrected chi connectivity index (χ2v) is 3.76. The molecule has 0 spiro atoms. The van der Waals surface area contributed by atoms with E-state index in [9.17, 15) is 13.6 Å². The first-order valence-electron chi connectivity index (χ1n) is 5.45. The van der Waals surface area contributed by atoms with Crippen LogP contribution in [0.5, 0.6) is 0 Å². The van der Waals surface area contributed by atoms with E-state index in [0.717, 1.165) is 6.20 Å². The number of carbonyl (C=O) groups excluding carboxylic acids is 1. The molecular weight excluding hydrogens is 246 g/mol. The number of halogens is 2. The van der Waals surface area contributed by atoms with Crippen molar-refractivity contribution < 1.29 is 23.0 Å². The van der Waals surface area contributed by atoms with Crippen LogP contribution in [-0.2, 0) is 9.47 Å². The van der Waals surface area contributed by atoms with Crippen LogP contribution in [0.1, 0.15) is 10.5 Å². The zero-order chi connectivity index (χ0) is 13.0. The summed E-state index contributed by atoms with van der Waals surface area (Å²) in [5, 5.41) is 2.46. The largest absolute Gasteiger partial charge is 0.376 e. The van der Waals surface area contributed by atoms with Gasteiger partial charge in [0, 0.05) is 12.6 Å². The van der Waals surface area contributed by atoms with E-state index in [4.69, 9.17) is 9.47 Å². The molecule has 1 aliphatic heterocycles. The van der Waals surface area contributed by atoms with Gasteiger partial charge in [0.2, 0.25) is 0 Å². The minimum atomic E-state index is -0.992. The first-order chi connectivity index (χ1) is 8.66. The molecule has 1 aromatic heterocycles. The van der Waals surface area contributed by atoms with E-state index in [1.54, 1.807) is 0 Å². The normalized spacial score (nSPS) is 19.6. The summed E-state index contributed by atoms with van der Waals surface area (Å²) in [5.41, 5.74) is -0.437. The summed E-state index contributed by atoms with van der Waals surface area (Å²) in [7, 11) is 0. The summed E-state index contributed by atoms with van der Waals surface area (Å²) in [6.45, 7) is 1.55. The van der Waals surface area contributed by atoms with Crippen LogP contribution in [0, 0.1) is 11.6 Å². The standard InChI is InChI=1S/C11H12F2N2O3/c12-7-3-9(13)10(14-4-7)11(16)15-5-8-6-17-1-2-18-8/h3-4,8H,1-2,5-6H2,(H,15,16)/t8-/m1/s1. The maximum atomic E-state index is 13.2. The molecular formula is C11H12F2N2O3. The van der Waals surface area contributed by atoms with Gasteiger partial charge in [0.25, 0.3) is 5.91 Å². The highest BCUT2D eigenvalue weighted by Gasteiger charge is 2.18. The van der Waals surface area contributed by atoms with E-state index in [1.165, 1.54) is 0 Å². The first-order valence-corrected chi connectivity index (χ1v) is 5.45. The molecule has 5 nitrogen and oxygen atoms in total. The van der Waals surface area contributed by atoms with Gasteiger partial charge in [-0.05, 0) is 0 Å². The molecule has 0 unspecified atom stereocenters. The third kappa shape index (κ3) is 3.21. The van der Waals surface area contributed by atoms with Crippen molar-refractivity contribution >= 4 is 5.91 Å². The molecule has 0 saturated carbocycles. The zero-order valence-corrected chi connectivity index (χ0v) is 9.49. The molecule has 1 N–H and O–H groups in total. The van der Waals surface area contributed by atoms with E-state index < -0.39 is 23.2 Å². The molecule has 7 heteroatoms. The maximum Gasteiger partial charge on any atom is 0.273 e. The molecule has 1 atom stereocenters. The van der Waals surface area contributed by atoms with E-state index in [0.29, 0.717) is 25.9 Å². The van der Waals surface area contributed by atoms with Gasteiger partial charge in [0.1, 0.15) is 5.82 Å². The lowest BCUT2D eigenvalue weighted by atomic mass is 10.3. The smallest absolute Gasteiger partial charge is 0.273 e. The average Bonchev–Trinajstić information content (AvgIpc) is 2.37. The van der Waals surface area contributed by atoms with Crippen LogP contribution in [0.3, 0.4) is 0 Å². The van der Waals surface area contributed by atoms with Crippen molar-refractivity contribution in [1.82, 2.24) is 10.3 Å². The molecule has 2 rings (SSSR count). The number of ether oxygens (including phenoxy) is 2. The summed E-state index contributed by atoms with van der Waals surface area (Å²) in [4.78, 5) is 15.0. The van der Waals surface area contributed by atoms with Crippen molar-refractivity contribution in [2.24, 2.45) is 0 Å². The van der Waals surface area contributed by atoms with Crippen LogP contribution < -0.4 is 5.32 Å². The highest BCUT2D eigenvalue weighted by Crippen LogP contribution is 2.06. The van der Waals surface area contributed by atoms with Crippen LogP contribution in [-0.4, -0.2) is 43.4 Å². The van der Waals surface area contributed by atoms with Crippen LogP contribution >= 0.6 is 0 Å². The molecule has 18 heavy (non-hydrogen) atoms. The summed E-state index contributed by atoms with van der Waals surface area (Å²) >= 11 is 0. The number of nitrogens with zero attached hydrogens (tertiary/aromatic N) is 1. The van der Waals surface area contributed by atoms with Gasteiger partial charge in [0.05, 0.1) is 32.1 Å². The number of rotatable bonds is 3. The Morgan fingerprint density at radius 1 is 1.50 bits per heavy atom. The monoisotopic (exact) mass is 258 g/mol. The Balaban J connectivity index is 1.90. The number of aromatic nitrogens is 1. The van der Waals surface area contributed by atoms with Crippen molar-refractivity contribution in [2.75, 3.05) is 26.4 Å². The number of hydrogen-bond donors (Lipinski definition) is 1. The molecule has 1 aromatic rings. The van der Waals surface area contributed by atoms with E-state index in [1.807, 2.05) is 0 Å². The van der Waals surface area contributed by atoms with Gasteiger partial charge in [-0.3, -0.25) is 4.79 Å². The lowest BCUT2D eigenvalue weighted by molar-refractivity contribution is -0.0855. The van der Waals surface area contributed by atoms with Gasteiger partial charge in [-0.2, -0.15) is 0 Å². The predicted octanol–water partition coefficient (Wildman–Crippen LogP) is 0.505. The second kappa shape index (κ2) is 5.83. The Bertz CT molecular complexity index is 436. The van der Waals surface area contributed by atoms with Crippen molar-refractivity contribution in [3.05, 3.63) is 29.6 Å². The second-order valence-electron chi connectivity index (χ2n) is 3.76. The minimum Gasteiger partial charge on any atom is -0.376 e. The van der Waals surface area contributed by atoms with E-state index >= 15 is 0 Å². The zero-order valence-electron chi connectivity index (χ0n) is 9.49. The van der Waals surface area contributed by atoms with Gasteiger partial charge in [-0.1, -0.05) is 0 Å².